The van der Waals surface area contributed by atoms with Crippen LogP contribution in [0.3, 0.4) is 0 Å². The van der Waals surface area contributed by atoms with E-state index < -0.39 is 6.10 Å². The third-order valence-electron chi connectivity index (χ3n) is 7.61. The van der Waals surface area contributed by atoms with Crippen molar-refractivity contribution in [3.63, 3.8) is 0 Å². The number of fused-ring (bicyclic) bond motifs is 5. The lowest BCUT2D eigenvalue weighted by Gasteiger charge is -2.58. The average molecular weight is 302 g/mol. The van der Waals surface area contributed by atoms with Crippen molar-refractivity contribution in [3.8, 4) is 0 Å². The molecule has 0 bridgehead atoms. The molecule has 4 aliphatic rings. The third kappa shape index (κ3) is 1.72. The summed E-state index contributed by atoms with van der Waals surface area (Å²) in [5.41, 5.74) is 0.920. The summed E-state index contributed by atoms with van der Waals surface area (Å²) >= 11 is 0. The van der Waals surface area contributed by atoms with Crippen LogP contribution in [0.5, 0.6) is 0 Å². The maximum atomic E-state index is 12.4. The number of Topliss-reactive ketones (excluding diaryl/α,β-unsaturated/α-hetero) is 1. The summed E-state index contributed by atoms with van der Waals surface area (Å²) in [6.45, 7) is 4.34. The van der Waals surface area contributed by atoms with Crippen LogP contribution in [0.25, 0.3) is 0 Å². The minimum absolute atomic E-state index is 0.0385. The summed E-state index contributed by atoms with van der Waals surface area (Å²) < 4.78 is 0. The molecule has 0 radical (unpaired) electrons. The van der Waals surface area contributed by atoms with E-state index >= 15 is 0 Å². The Hall–Kier alpha value is -0.960. The molecule has 22 heavy (non-hydrogen) atoms. The maximum absolute atomic E-state index is 12.4. The van der Waals surface area contributed by atoms with Crippen molar-refractivity contribution >= 4 is 11.6 Å². The van der Waals surface area contributed by atoms with Crippen LogP contribution >= 0.6 is 0 Å². The van der Waals surface area contributed by atoms with E-state index in [-0.39, 0.29) is 22.5 Å². The number of allylic oxidation sites excluding steroid dienone is 1. The minimum Gasteiger partial charge on any atom is -0.393 e. The molecule has 0 aromatic carbocycles. The minimum atomic E-state index is -0.407. The Balaban J connectivity index is 1.75. The predicted octanol–water partition coefficient (Wildman–Crippen LogP) is 3.06. The zero-order valence-electron chi connectivity index (χ0n) is 13.6. The highest BCUT2D eigenvalue weighted by Gasteiger charge is 2.61. The number of aliphatic hydroxyl groups excluding tert-OH is 1. The van der Waals surface area contributed by atoms with Gasteiger partial charge in [-0.05, 0) is 61.3 Å². The molecule has 3 heteroatoms. The molecule has 3 fully saturated rings. The maximum Gasteiger partial charge on any atom is 0.155 e. The van der Waals surface area contributed by atoms with Crippen LogP contribution in [-0.4, -0.2) is 22.8 Å². The summed E-state index contributed by atoms with van der Waals surface area (Å²) in [5, 5.41) is 10.9. The van der Waals surface area contributed by atoms with E-state index in [0.717, 1.165) is 25.7 Å². The van der Waals surface area contributed by atoms with Crippen molar-refractivity contribution in [2.45, 2.75) is 64.9 Å². The molecule has 0 aliphatic heterocycles. The number of carbonyl (C=O) groups excluding carboxylic acids is 2. The molecule has 0 amide bonds. The topological polar surface area (TPSA) is 54.4 Å². The van der Waals surface area contributed by atoms with Gasteiger partial charge < -0.3 is 5.11 Å². The molecule has 4 aliphatic carbocycles. The molecule has 3 saturated carbocycles. The fourth-order valence-corrected chi connectivity index (χ4v) is 6.46. The molecule has 0 aromatic rings. The van der Waals surface area contributed by atoms with E-state index in [1.165, 1.54) is 5.57 Å². The fourth-order valence-electron chi connectivity index (χ4n) is 6.46. The van der Waals surface area contributed by atoms with Gasteiger partial charge in [0.1, 0.15) is 5.78 Å². The van der Waals surface area contributed by atoms with Crippen LogP contribution in [-0.2, 0) is 9.59 Å². The van der Waals surface area contributed by atoms with Gasteiger partial charge in [0.2, 0.25) is 0 Å². The molecule has 0 aromatic heterocycles. The smallest absolute Gasteiger partial charge is 0.155 e. The van der Waals surface area contributed by atoms with E-state index in [4.69, 9.17) is 0 Å². The zero-order chi connectivity index (χ0) is 15.7. The van der Waals surface area contributed by atoms with E-state index in [1.807, 2.05) is 6.08 Å². The third-order valence-corrected chi connectivity index (χ3v) is 7.61. The Bertz CT molecular complexity index is 577. The molecule has 0 unspecified atom stereocenters. The summed E-state index contributed by atoms with van der Waals surface area (Å²) in [4.78, 5) is 24.2. The van der Waals surface area contributed by atoms with Gasteiger partial charge in [-0.15, -0.1) is 0 Å². The number of carbonyl (C=O) groups is 2. The van der Waals surface area contributed by atoms with Gasteiger partial charge in [0.25, 0.3) is 0 Å². The SMILES string of the molecule is C[C@@]12CCC(=O)C=C1CC[C@H]1[C@H]2[C@@H](O)C[C@]2(C)C(=O)CC[C@@H]12. The highest BCUT2D eigenvalue weighted by molar-refractivity contribution is 5.91. The Kier molecular flexibility index (Phi) is 3.01. The van der Waals surface area contributed by atoms with Crippen LogP contribution < -0.4 is 0 Å². The monoisotopic (exact) mass is 302 g/mol. The quantitative estimate of drug-likeness (QED) is 0.748. The van der Waals surface area contributed by atoms with E-state index in [0.29, 0.717) is 36.9 Å². The van der Waals surface area contributed by atoms with Gasteiger partial charge in [-0.25, -0.2) is 0 Å². The Morgan fingerprint density at radius 1 is 1.09 bits per heavy atom. The first-order valence-corrected chi connectivity index (χ1v) is 8.81. The van der Waals surface area contributed by atoms with Crippen molar-refractivity contribution in [3.05, 3.63) is 11.6 Å². The summed E-state index contributed by atoms with van der Waals surface area (Å²) in [5.74, 6) is 1.71. The lowest BCUT2D eigenvalue weighted by molar-refractivity contribution is -0.147. The first-order valence-electron chi connectivity index (χ1n) is 8.81. The number of rotatable bonds is 0. The summed E-state index contributed by atoms with van der Waals surface area (Å²) in [7, 11) is 0. The summed E-state index contributed by atoms with van der Waals surface area (Å²) in [6.07, 6.45) is 7.24. The molecule has 0 saturated heterocycles. The van der Waals surface area contributed by atoms with Crippen molar-refractivity contribution in [1.82, 2.24) is 0 Å². The van der Waals surface area contributed by atoms with Crippen molar-refractivity contribution < 1.29 is 14.7 Å². The number of hydrogen-bond acceptors (Lipinski definition) is 3. The van der Waals surface area contributed by atoms with Crippen LogP contribution in [0.2, 0.25) is 0 Å². The molecule has 3 nitrogen and oxygen atoms in total. The number of hydrogen-bond donors (Lipinski definition) is 1. The summed E-state index contributed by atoms with van der Waals surface area (Å²) in [6, 6.07) is 0. The molecule has 4 rings (SSSR count). The predicted molar refractivity (Wildman–Crippen MR) is 83.1 cm³/mol. The highest BCUT2D eigenvalue weighted by Crippen LogP contribution is 2.64. The van der Waals surface area contributed by atoms with E-state index in [9.17, 15) is 14.7 Å². The molecule has 0 heterocycles. The number of aliphatic hydroxyl groups is 1. The van der Waals surface area contributed by atoms with Gasteiger partial charge in [0, 0.05) is 18.3 Å². The standard InChI is InChI=1S/C19H26O3/c1-18-8-7-12(20)9-11(18)3-4-13-14-5-6-16(22)19(14,2)10-15(21)17(13)18/h9,13-15,17,21H,3-8,10H2,1-2H3/t13-,14+,15+,17+,18-,19+/m1/s1. The van der Waals surface area contributed by atoms with Gasteiger partial charge in [0.15, 0.2) is 5.78 Å². The van der Waals surface area contributed by atoms with Crippen LogP contribution in [0, 0.1) is 28.6 Å². The number of ketones is 2. The largest absolute Gasteiger partial charge is 0.393 e. The Labute approximate surface area is 132 Å². The lowest BCUT2D eigenvalue weighted by atomic mass is 9.46. The Morgan fingerprint density at radius 3 is 2.64 bits per heavy atom. The van der Waals surface area contributed by atoms with Crippen LogP contribution in [0.15, 0.2) is 11.6 Å². The molecular formula is C19H26O3. The Morgan fingerprint density at radius 2 is 1.86 bits per heavy atom. The van der Waals surface area contributed by atoms with E-state index in [2.05, 4.69) is 13.8 Å². The highest BCUT2D eigenvalue weighted by atomic mass is 16.3. The van der Waals surface area contributed by atoms with Gasteiger partial charge in [0.05, 0.1) is 6.10 Å². The molecular weight excluding hydrogens is 276 g/mol. The molecule has 0 spiro atoms. The zero-order valence-corrected chi connectivity index (χ0v) is 13.6. The lowest BCUT2D eigenvalue weighted by Crippen LogP contribution is -2.56. The molecule has 6 atom stereocenters. The van der Waals surface area contributed by atoms with Crippen molar-refractivity contribution in [1.29, 1.82) is 0 Å². The first-order chi connectivity index (χ1) is 10.4. The van der Waals surface area contributed by atoms with Gasteiger partial charge in [-0.2, -0.15) is 0 Å². The average Bonchev–Trinajstić information content (AvgIpc) is 2.75. The fraction of sp³-hybridized carbons (Fsp3) is 0.789. The first kappa shape index (κ1) is 14.6. The van der Waals surface area contributed by atoms with E-state index in [1.54, 1.807) is 0 Å². The van der Waals surface area contributed by atoms with Crippen molar-refractivity contribution in [2.24, 2.45) is 28.6 Å². The van der Waals surface area contributed by atoms with Crippen molar-refractivity contribution in [2.75, 3.05) is 0 Å². The van der Waals surface area contributed by atoms with Gasteiger partial charge in [-0.3, -0.25) is 9.59 Å². The van der Waals surface area contributed by atoms with Gasteiger partial charge in [-0.1, -0.05) is 19.4 Å². The second-order valence-electron chi connectivity index (χ2n) is 8.54. The van der Waals surface area contributed by atoms with Crippen LogP contribution in [0.1, 0.15) is 58.8 Å². The van der Waals surface area contributed by atoms with Gasteiger partial charge >= 0.3 is 0 Å². The molecule has 120 valence electrons. The second kappa shape index (κ2) is 4.53. The molecule has 1 N–H and O–H groups in total. The van der Waals surface area contributed by atoms with Crippen LogP contribution in [0.4, 0.5) is 0 Å². The normalized spacial score (nSPS) is 51.0. The second-order valence-corrected chi connectivity index (χ2v) is 8.54.